The third kappa shape index (κ3) is 4.64. The molecule has 0 saturated carbocycles. The fourth-order valence-electron chi connectivity index (χ4n) is 2.37. The highest BCUT2D eigenvalue weighted by atomic mass is 19.1. The van der Waals surface area contributed by atoms with Gasteiger partial charge in [-0.1, -0.05) is 49.4 Å². The van der Waals surface area contributed by atoms with E-state index >= 15 is 0 Å². The van der Waals surface area contributed by atoms with Crippen LogP contribution >= 0.6 is 0 Å². The predicted molar refractivity (Wildman–Crippen MR) is 86.0 cm³/mol. The maximum absolute atomic E-state index is 12.9. The van der Waals surface area contributed by atoms with E-state index in [1.54, 1.807) is 36.4 Å². The lowest BCUT2D eigenvalue weighted by Gasteiger charge is -2.18. The summed E-state index contributed by atoms with van der Waals surface area (Å²) in [6, 6.07) is 14.0. The second-order valence-corrected chi connectivity index (χ2v) is 5.47. The Hall–Kier alpha value is -2.69. The topological polar surface area (TPSA) is 72.2 Å². The quantitative estimate of drug-likeness (QED) is 0.860. The van der Waals surface area contributed by atoms with Crippen molar-refractivity contribution >= 4 is 11.8 Å². The summed E-state index contributed by atoms with van der Waals surface area (Å²) in [6.07, 6.45) is 0.183. The molecule has 120 valence electrons. The van der Waals surface area contributed by atoms with E-state index < -0.39 is 11.9 Å². The molecule has 5 heteroatoms. The van der Waals surface area contributed by atoms with Crippen LogP contribution in [0.2, 0.25) is 0 Å². The van der Waals surface area contributed by atoms with Gasteiger partial charge in [0.25, 0.3) is 0 Å². The van der Waals surface area contributed by atoms with E-state index in [-0.39, 0.29) is 24.1 Å². The molecule has 0 fully saturated rings. The van der Waals surface area contributed by atoms with Crippen LogP contribution in [0.4, 0.5) is 4.39 Å². The van der Waals surface area contributed by atoms with Crippen LogP contribution in [0, 0.1) is 5.82 Å². The normalized spacial score (nSPS) is 13.1. The zero-order valence-electron chi connectivity index (χ0n) is 12.8. The van der Waals surface area contributed by atoms with Gasteiger partial charge >= 0.3 is 0 Å². The minimum atomic E-state index is -0.857. The summed E-state index contributed by atoms with van der Waals surface area (Å²) in [5.41, 5.74) is 6.88. The van der Waals surface area contributed by atoms with E-state index in [9.17, 15) is 14.0 Å². The Labute approximate surface area is 134 Å². The molecule has 3 N–H and O–H groups in total. The van der Waals surface area contributed by atoms with Crippen LogP contribution in [0.1, 0.15) is 36.4 Å². The molecular formula is C18H19FN2O2. The first-order chi connectivity index (χ1) is 11.0. The molecule has 2 rings (SSSR count). The van der Waals surface area contributed by atoms with Crippen LogP contribution in [0.15, 0.2) is 54.6 Å². The maximum atomic E-state index is 12.9. The van der Waals surface area contributed by atoms with Gasteiger partial charge in [0.2, 0.25) is 11.8 Å². The third-order valence-corrected chi connectivity index (χ3v) is 3.65. The summed E-state index contributed by atoms with van der Waals surface area (Å²) in [4.78, 5) is 23.8. The SMILES string of the molecule is C[C@@H](CC(=O)N[C@@H](C(N)=O)c1ccccc1)c1ccc(F)cc1. The fraction of sp³-hybridized carbons (Fsp3) is 0.222. The summed E-state index contributed by atoms with van der Waals surface area (Å²) in [6.45, 7) is 1.87. The number of nitrogens with two attached hydrogens (primary N) is 1. The van der Waals surface area contributed by atoms with E-state index in [1.165, 1.54) is 12.1 Å². The van der Waals surface area contributed by atoms with Crippen LogP contribution in [0.25, 0.3) is 0 Å². The van der Waals surface area contributed by atoms with E-state index in [4.69, 9.17) is 5.73 Å². The molecule has 0 heterocycles. The number of halogens is 1. The minimum Gasteiger partial charge on any atom is -0.368 e. The summed E-state index contributed by atoms with van der Waals surface area (Å²) < 4.78 is 12.9. The van der Waals surface area contributed by atoms with Gasteiger partial charge in [0, 0.05) is 6.42 Å². The molecule has 2 aromatic carbocycles. The molecule has 0 radical (unpaired) electrons. The van der Waals surface area contributed by atoms with Crippen molar-refractivity contribution in [2.75, 3.05) is 0 Å². The lowest BCUT2D eigenvalue weighted by molar-refractivity contribution is -0.127. The van der Waals surface area contributed by atoms with Gasteiger partial charge in [0.1, 0.15) is 11.9 Å². The smallest absolute Gasteiger partial charge is 0.244 e. The molecule has 0 aliphatic carbocycles. The van der Waals surface area contributed by atoms with Gasteiger partial charge in [0.05, 0.1) is 0 Å². The molecule has 2 atom stereocenters. The average molecular weight is 314 g/mol. The fourth-order valence-corrected chi connectivity index (χ4v) is 2.37. The summed E-state index contributed by atoms with van der Waals surface area (Å²) in [5.74, 6) is -1.31. The Morgan fingerprint density at radius 1 is 1.04 bits per heavy atom. The predicted octanol–water partition coefficient (Wildman–Crippen LogP) is 2.66. The van der Waals surface area contributed by atoms with Gasteiger partial charge in [-0.05, 0) is 29.2 Å². The van der Waals surface area contributed by atoms with Crippen molar-refractivity contribution in [1.82, 2.24) is 5.32 Å². The number of hydrogen-bond donors (Lipinski definition) is 2. The van der Waals surface area contributed by atoms with Gasteiger partial charge in [-0.3, -0.25) is 9.59 Å². The van der Waals surface area contributed by atoms with Crippen molar-refractivity contribution in [3.63, 3.8) is 0 Å². The van der Waals surface area contributed by atoms with Crippen LogP contribution in [0.5, 0.6) is 0 Å². The van der Waals surface area contributed by atoms with Crippen LogP contribution in [-0.2, 0) is 9.59 Å². The lowest BCUT2D eigenvalue weighted by Crippen LogP contribution is -2.37. The Morgan fingerprint density at radius 2 is 1.65 bits per heavy atom. The van der Waals surface area contributed by atoms with E-state index in [0.717, 1.165) is 5.56 Å². The number of benzene rings is 2. The average Bonchev–Trinajstić information content (AvgIpc) is 2.53. The highest BCUT2D eigenvalue weighted by Gasteiger charge is 2.21. The number of hydrogen-bond acceptors (Lipinski definition) is 2. The van der Waals surface area contributed by atoms with Crippen molar-refractivity contribution < 1.29 is 14.0 Å². The number of amides is 2. The van der Waals surface area contributed by atoms with E-state index in [1.807, 2.05) is 13.0 Å². The number of nitrogens with one attached hydrogen (secondary N) is 1. The van der Waals surface area contributed by atoms with Crippen molar-refractivity contribution in [3.8, 4) is 0 Å². The molecule has 0 bridgehead atoms. The van der Waals surface area contributed by atoms with E-state index in [0.29, 0.717) is 5.56 Å². The molecule has 0 spiro atoms. The van der Waals surface area contributed by atoms with Gasteiger partial charge in [-0.2, -0.15) is 0 Å². The second kappa shape index (κ2) is 7.54. The van der Waals surface area contributed by atoms with Crippen LogP contribution in [-0.4, -0.2) is 11.8 Å². The van der Waals surface area contributed by atoms with Gasteiger partial charge in [0.15, 0.2) is 0 Å². The molecule has 4 nitrogen and oxygen atoms in total. The van der Waals surface area contributed by atoms with Crippen molar-refractivity contribution in [3.05, 3.63) is 71.5 Å². The number of carbonyl (C=O) groups excluding carboxylic acids is 2. The van der Waals surface area contributed by atoms with Gasteiger partial charge < -0.3 is 11.1 Å². The maximum Gasteiger partial charge on any atom is 0.244 e. The van der Waals surface area contributed by atoms with Crippen molar-refractivity contribution in [1.29, 1.82) is 0 Å². The standard InChI is InChI=1S/C18H19FN2O2/c1-12(13-7-9-15(19)10-8-13)11-16(22)21-17(18(20)23)14-5-3-2-4-6-14/h2-10,12,17H,11H2,1H3,(H2,20,23)(H,21,22)/t12-,17+/m0/s1. The molecule has 0 saturated heterocycles. The number of primary amides is 1. The number of carbonyl (C=O) groups is 2. The zero-order chi connectivity index (χ0) is 16.8. The lowest BCUT2D eigenvalue weighted by atomic mass is 9.97. The molecule has 0 aliphatic rings. The Bertz CT molecular complexity index is 671. The van der Waals surface area contributed by atoms with Crippen LogP contribution < -0.4 is 11.1 Å². The molecule has 2 amide bonds. The first-order valence-corrected chi connectivity index (χ1v) is 7.36. The molecular weight excluding hydrogens is 295 g/mol. The highest BCUT2D eigenvalue weighted by Crippen LogP contribution is 2.20. The van der Waals surface area contributed by atoms with E-state index in [2.05, 4.69) is 5.32 Å². The minimum absolute atomic E-state index is 0.0973. The Kier molecular flexibility index (Phi) is 5.46. The van der Waals surface area contributed by atoms with Crippen molar-refractivity contribution in [2.24, 2.45) is 5.73 Å². The largest absolute Gasteiger partial charge is 0.368 e. The Morgan fingerprint density at radius 3 is 2.22 bits per heavy atom. The molecule has 0 unspecified atom stereocenters. The Balaban J connectivity index is 2.02. The van der Waals surface area contributed by atoms with Gasteiger partial charge in [-0.25, -0.2) is 4.39 Å². The second-order valence-electron chi connectivity index (χ2n) is 5.47. The van der Waals surface area contributed by atoms with Gasteiger partial charge in [-0.15, -0.1) is 0 Å². The summed E-state index contributed by atoms with van der Waals surface area (Å²) in [5, 5.41) is 2.66. The van der Waals surface area contributed by atoms with Crippen molar-refractivity contribution in [2.45, 2.75) is 25.3 Å². The summed E-state index contributed by atoms with van der Waals surface area (Å²) in [7, 11) is 0. The molecule has 23 heavy (non-hydrogen) atoms. The molecule has 0 aromatic heterocycles. The van der Waals surface area contributed by atoms with Crippen LogP contribution in [0.3, 0.4) is 0 Å². The first-order valence-electron chi connectivity index (χ1n) is 7.36. The molecule has 2 aromatic rings. The number of rotatable bonds is 6. The third-order valence-electron chi connectivity index (χ3n) is 3.65. The zero-order valence-corrected chi connectivity index (χ0v) is 12.8. The first kappa shape index (κ1) is 16.7. The molecule has 0 aliphatic heterocycles. The highest BCUT2D eigenvalue weighted by molar-refractivity contribution is 5.87. The summed E-state index contributed by atoms with van der Waals surface area (Å²) >= 11 is 0. The monoisotopic (exact) mass is 314 g/mol.